The van der Waals surface area contributed by atoms with E-state index in [0.29, 0.717) is 19.0 Å². The monoisotopic (exact) mass is 311 g/mol. The fraction of sp³-hybridized carbons (Fsp3) is 0.882. The molecule has 0 aromatic carbocycles. The number of hydrogen-bond acceptors (Lipinski definition) is 4. The molecule has 1 aliphatic heterocycles. The van der Waals surface area contributed by atoms with E-state index in [2.05, 4.69) is 30.9 Å². The van der Waals surface area contributed by atoms with Gasteiger partial charge in [0, 0.05) is 25.6 Å². The molecule has 0 bridgehead atoms. The molecule has 1 unspecified atom stereocenters. The van der Waals surface area contributed by atoms with Crippen molar-refractivity contribution in [1.82, 2.24) is 14.7 Å². The first kappa shape index (κ1) is 19.1. The van der Waals surface area contributed by atoms with Crippen LogP contribution in [0.3, 0.4) is 0 Å². The molecule has 1 aliphatic rings. The first-order chi connectivity index (χ1) is 10.3. The third-order valence-electron chi connectivity index (χ3n) is 4.26. The molecule has 5 nitrogen and oxygen atoms in total. The Kier molecular flexibility index (Phi) is 8.04. The SMILES string of the molecule is CC(C)CC(=O)C(=O)N1CCCC(N(C)CCCN(C)C)C1. The van der Waals surface area contributed by atoms with Crippen molar-refractivity contribution < 1.29 is 9.59 Å². The highest BCUT2D eigenvalue weighted by molar-refractivity contribution is 6.36. The minimum absolute atomic E-state index is 0.231. The molecule has 22 heavy (non-hydrogen) atoms. The number of hydrogen-bond donors (Lipinski definition) is 0. The number of likely N-dealkylation sites (tertiary alicyclic amines) is 1. The summed E-state index contributed by atoms with van der Waals surface area (Å²) >= 11 is 0. The Morgan fingerprint density at radius 1 is 1.18 bits per heavy atom. The number of carbonyl (C=O) groups is 2. The van der Waals surface area contributed by atoms with E-state index in [-0.39, 0.29) is 17.6 Å². The Morgan fingerprint density at radius 2 is 1.86 bits per heavy atom. The lowest BCUT2D eigenvalue weighted by Crippen LogP contribution is -2.50. The maximum absolute atomic E-state index is 12.3. The van der Waals surface area contributed by atoms with Crippen molar-refractivity contribution in [2.24, 2.45) is 5.92 Å². The van der Waals surface area contributed by atoms with Crippen LogP contribution < -0.4 is 0 Å². The maximum atomic E-state index is 12.3. The number of amides is 1. The lowest BCUT2D eigenvalue weighted by Gasteiger charge is -2.37. The predicted molar refractivity (Wildman–Crippen MR) is 89.9 cm³/mol. The third-order valence-corrected chi connectivity index (χ3v) is 4.26. The second-order valence-electron chi connectivity index (χ2n) is 7.21. The summed E-state index contributed by atoms with van der Waals surface area (Å²) in [5.74, 6) is -0.267. The number of likely N-dealkylation sites (N-methyl/N-ethyl adjacent to an activating group) is 1. The van der Waals surface area contributed by atoms with Crippen LogP contribution in [0.1, 0.15) is 39.5 Å². The van der Waals surface area contributed by atoms with Gasteiger partial charge in [0.15, 0.2) is 0 Å². The summed E-state index contributed by atoms with van der Waals surface area (Å²) in [7, 11) is 6.30. The second-order valence-corrected chi connectivity index (χ2v) is 7.21. The molecule has 1 atom stereocenters. The maximum Gasteiger partial charge on any atom is 0.289 e. The van der Waals surface area contributed by atoms with Crippen LogP contribution in [0.2, 0.25) is 0 Å². The van der Waals surface area contributed by atoms with Gasteiger partial charge in [-0.05, 0) is 59.4 Å². The molecule has 0 saturated carbocycles. The van der Waals surface area contributed by atoms with Crippen molar-refractivity contribution in [3.05, 3.63) is 0 Å². The van der Waals surface area contributed by atoms with Crippen LogP contribution in [0.15, 0.2) is 0 Å². The van der Waals surface area contributed by atoms with Crippen molar-refractivity contribution in [3.8, 4) is 0 Å². The van der Waals surface area contributed by atoms with E-state index < -0.39 is 0 Å². The highest BCUT2D eigenvalue weighted by Crippen LogP contribution is 2.16. The van der Waals surface area contributed by atoms with Gasteiger partial charge < -0.3 is 14.7 Å². The van der Waals surface area contributed by atoms with Gasteiger partial charge in [0.05, 0.1) is 0 Å². The van der Waals surface area contributed by atoms with Gasteiger partial charge in [-0.3, -0.25) is 9.59 Å². The Bertz CT molecular complexity index is 369. The molecule has 0 aromatic rings. The number of Topliss-reactive ketones (excluding diaryl/α,β-unsaturated/α-hetero) is 1. The summed E-state index contributed by atoms with van der Waals surface area (Å²) in [6, 6.07) is 0.381. The zero-order valence-corrected chi connectivity index (χ0v) is 15.0. The van der Waals surface area contributed by atoms with Crippen molar-refractivity contribution in [2.75, 3.05) is 47.3 Å². The van der Waals surface area contributed by atoms with Crippen molar-refractivity contribution >= 4 is 11.7 Å². The van der Waals surface area contributed by atoms with Crippen LogP contribution in [0.4, 0.5) is 0 Å². The van der Waals surface area contributed by atoms with E-state index >= 15 is 0 Å². The molecular formula is C17H33N3O2. The topological polar surface area (TPSA) is 43.9 Å². The highest BCUT2D eigenvalue weighted by Gasteiger charge is 2.29. The van der Waals surface area contributed by atoms with Gasteiger partial charge in [0.1, 0.15) is 0 Å². The van der Waals surface area contributed by atoms with Gasteiger partial charge in [-0.15, -0.1) is 0 Å². The van der Waals surface area contributed by atoms with Gasteiger partial charge in [-0.1, -0.05) is 13.8 Å². The average molecular weight is 311 g/mol. The molecule has 0 aliphatic carbocycles. The zero-order chi connectivity index (χ0) is 16.7. The van der Waals surface area contributed by atoms with Crippen molar-refractivity contribution in [1.29, 1.82) is 0 Å². The van der Waals surface area contributed by atoms with E-state index in [0.717, 1.165) is 38.9 Å². The number of ketones is 1. The molecular weight excluding hydrogens is 278 g/mol. The minimum atomic E-state index is -0.278. The lowest BCUT2D eigenvalue weighted by molar-refractivity contribution is -0.146. The van der Waals surface area contributed by atoms with Crippen LogP contribution in [-0.2, 0) is 9.59 Å². The van der Waals surface area contributed by atoms with Crippen LogP contribution in [0.25, 0.3) is 0 Å². The van der Waals surface area contributed by atoms with Crippen molar-refractivity contribution in [2.45, 2.75) is 45.6 Å². The first-order valence-electron chi connectivity index (χ1n) is 8.48. The largest absolute Gasteiger partial charge is 0.335 e. The van der Waals surface area contributed by atoms with Gasteiger partial charge >= 0.3 is 0 Å². The summed E-state index contributed by atoms with van der Waals surface area (Å²) in [6.45, 7) is 7.48. The van der Waals surface area contributed by atoms with Crippen LogP contribution >= 0.6 is 0 Å². The summed E-state index contributed by atoms with van der Waals surface area (Å²) in [4.78, 5) is 30.5. The standard InChI is InChI=1S/C17H33N3O2/c1-14(2)12-16(21)17(22)20-11-6-8-15(13-20)19(5)10-7-9-18(3)4/h14-15H,6-13H2,1-5H3. The fourth-order valence-electron chi connectivity index (χ4n) is 2.95. The van der Waals surface area contributed by atoms with Crippen LogP contribution in [-0.4, -0.2) is 79.8 Å². The summed E-state index contributed by atoms with van der Waals surface area (Å²) in [5, 5.41) is 0. The predicted octanol–water partition coefficient (Wildman–Crippen LogP) is 1.48. The van der Waals surface area contributed by atoms with Gasteiger partial charge in [0.2, 0.25) is 5.78 Å². The lowest BCUT2D eigenvalue weighted by atomic mass is 10.0. The molecule has 1 amide bonds. The molecule has 0 N–H and O–H groups in total. The normalized spacial score (nSPS) is 19.3. The van der Waals surface area contributed by atoms with Crippen molar-refractivity contribution in [3.63, 3.8) is 0 Å². The van der Waals surface area contributed by atoms with Gasteiger partial charge in [-0.25, -0.2) is 0 Å². The third kappa shape index (κ3) is 6.44. The van der Waals surface area contributed by atoms with E-state index in [1.54, 1.807) is 4.90 Å². The van der Waals surface area contributed by atoms with Crippen LogP contribution in [0, 0.1) is 5.92 Å². The molecule has 5 heteroatoms. The molecule has 128 valence electrons. The average Bonchev–Trinajstić information content (AvgIpc) is 2.45. The summed E-state index contributed by atoms with van der Waals surface area (Å²) in [6.07, 6.45) is 3.59. The molecule has 1 heterocycles. The van der Waals surface area contributed by atoms with Crippen LogP contribution in [0.5, 0.6) is 0 Å². The van der Waals surface area contributed by atoms with E-state index in [9.17, 15) is 9.59 Å². The number of rotatable bonds is 8. The number of nitrogens with zero attached hydrogens (tertiary/aromatic N) is 3. The Balaban J connectivity index is 2.46. The van der Waals surface area contributed by atoms with E-state index in [4.69, 9.17) is 0 Å². The Hall–Kier alpha value is -0.940. The van der Waals surface area contributed by atoms with Gasteiger partial charge in [-0.2, -0.15) is 0 Å². The van der Waals surface area contributed by atoms with E-state index in [1.807, 2.05) is 13.8 Å². The summed E-state index contributed by atoms with van der Waals surface area (Å²) in [5.41, 5.74) is 0. The zero-order valence-electron chi connectivity index (χ0n) is 15.0. The quantitative estimate of drug-likeness (QED) is 0.637. The molecule has 1 saturated heterocycles. The molecule has 0 spiro atoms. The molecule has 1 rings (SSSR count). The van der Waals surface area contributed by atoms with Gasteiger partial charge in [0.25, 0.3) is 5.91 Å². The molecule has 0 aromatic heterocycles. The summed E-state index contributed by atoms with van der Waals surface area (Å²) < 4.78 is 0. The smallest absolute Gasteiger partial charge is 0.289 e. The minimum Gasteiger partial charge on any atom is -0.335 e. The Morgan fingerprint density at radius 3 is 2.45 bits per heavy atom. The Labute approximate surface area is 135 Å². The highest BCUT2D eigenvalue weighted by atomic mass is 16.2. The number of piperidine rings is 1. The molecule has 0 radical (unpaired) electrons. The number of carbonyl (C=O) groups excluding carboxylic acids is 2. The second kappa shape index (κ2) is 9.26. The first-order valence-corrected chi connectivity index (χ1v) is 8.48. The fourth-order valence-corrected chi connectivity index (χ4v) is 2.95. The molecule has 1 fully saturated rings. The van der Waals surface area contributed by atoms with E-state index in [1.165, 1.54) is 0 Å².